The zero-order valence-corrected chi connectivity index (χ0v) is 15.4. The van der Waals surface area contributed by atoms with Gasteiger partial charge in [0.1, 0.15) is 0 Å². The Bertz CT molecular complexity index is 995. The number of ketones is 2. The van der Waals surface area contributed by atoms with Crippen LogP contribution in [-0.2, 0) is 0 Å². The third kappa shape index (κ3) is 4.61. The fraction of sp³-hybridized carbons (Fsp3) is 0. The number of carbonyl (C=O) groups excluding carboxylic acids is 3. The topological polar surface area (TPSA) is 63.2 Å². The van der Waals surface area contributed by atoms with Crippen LogP contribution in [0.15, 0.2) is 72.8 Å². The average molecular weight is 398 g/mol. The molecule has 134 valence electrons. The summed E-state index contributed by atoms with van der Waals surface area (Å²) >= 11 is 11.8. The summed E-state index contributed by atoms with van der Waals surface area (Å²) in [4.78, 5) is 36.9. The highest BCUT2D eigenvalue weighted by Crippen LogP contribution is 2.23. The predicted molar refractivity (Wildman–Crippen MR) is 106 cm³/mol. The maximum Gasteiger partial charge on any atom is 0.255 e. The van der Waals surface area contributed by atoms with Crippen molar-refractivity contribution in [2.75, 3.05) is 5.32 Å². The van der Waals surface area contributed by atoms with E-state index in [1.807, 2.05) is 0 Å². The van der Waals surface area contributed by atoms with Crippen molar-refractivity contribution >= 4 is 46.4 Å². The molecule has 0 atom stereocenters. The van der Waals surface area contributed by atoms with E-state index in [1.54, 1.807) is 48.5 Å². The summed E-state index contributed by atoms with van der Waals surface area (Å²) in [7, 11) is 0. The lowest BCUT2D eigenvalue weighted by Gasteiger charge is -2.07. The number of carbonyl (C=O) groups is 3. The average Bonchev–Trinajstić information content (AvgIpc) is 2.67. The number of Topliss-reactive ketones (excluding diaryl/α,β-unsaturated/α-hetero) is 2. The number of anilines is 1. The standard InChI is InChI=1S/C21H13Cl2NO3/c22-16-10-17(23)12-18(11-16)24-21(27)15-8-6-14(7-9-15)20(26)19(25)13-4-2-1-3-5-13/h1-12H,(H,24,27). The molecule has 0 aliphatic carbocycles. The minimum absolute atomic E-state index is 0.214. The minimum atomic E-state index is -0.630. The highest BCUT2D eigenvalue weighted by molar-refractivity contribution is 6.49. The first-order valence-electron chi connectivity index (χ1n) is 7.95. The highest BCUT2D eigenvalue weighted by atomic mass is 35.5. The van der Waals surface area contributed by atoms with Gasteiger partial charge in [0.15, 0.2) is 0 Å². The third-order valence-corrected chi connectivity index (χ3v) is 4.21. The summed E-state index contributed by atoms with van der Waals surface area (Å²) in [6.45, 7) is 0. The van der Waals surface area contributed by atoms with Crippen LogP contribution in [0, 0.1) is 0 Å². The van der Waals surface area contributed by atoms with Gasteiger partial charge in [-0.1, -0.05) is 65.7 Å². The van der Waals surface area contributed by atoms with Gasteiger partial charge in [-0.2, -0.15) is 0 Å². The quantitative estimate of drug-likeness (QED) is 0.468. The van der Waals surface area contributed by atoms with Gasteiger partial charge in [-0.05, 0) is 30.3 Å². The second kappa shape index (κ2) is 8.16. The zero-order valence-electron chi connectivity index (χ0n) is 13.9. The van der Waals surface area contributed by atoms with Gasteiger partial charge in [-0.3, -0.25) is 14.4 Å². The SMILES string of the molecule is O=C(Nc1cc(Cl)cc(Cl)c1)c1ccc(C(=O)C(=O)c2ccccc2)cc1. The van der Waals surface area contributed by atoms with E-state index in [0.717, 1.165) is 0 Å². The second-order valence-electron chi connectivity index (χ2n) is 5.71. The zero-order chi connectivity index (χ0) is 19.4. The Kier molecular flexibility index (Phi) is 5.69. The molecule has 0 spiro atoms. The van der Waals surface area contributed by atoms with E-state index < -0.39 is 11.6 Å². The molecule has 6 heteroatoms. The van der Waals surface area contributed by atoms with E-state index in [9.17, 15) is 14.4 Å². The summed E-state index contributed by atoms with van der Waals surface area (Å²) in [5.41, 5.74) is 1.32. The molecule has 4 nitrogen and oxygen atoms in total. The predicted octanol–water partition coefficient (Wildman–Crippen LogP) is 5.31. The van der Waals surface area contributed by atoms with Crippen LogP contribution >= 0.6 is 23.2 Å². The molecule has 0 saturated heterocycles. The molecule has 3 aromatic carbocycles. The number of benzene rings is 3. The first kappa shape index (κ1) is 18.8. The summed E-state index contributed by atoms with van der Waals surface area (Å²) in [5.74, 6) is -1.61. The molecule has 3 rings (SSSR count). The van der Waals surface area contributed by atoms with Crippen molar-refractivity contribution in [3.63, 3.8) is 0 Å². The first-order valence-corrected chi connectivity index (χ1v) is 8.71. The van der Waals surface area contributed by atoms with Crippen molar-refractivity contribution in [2.45, 2.75) is 0 Å². The van der Waals surface area contributed by atoms with Gasteiger partial charge in [0, 0.05) is 32.4 Å². The number of hydrogen-bond acceptors (Lipinski definition) is 3. The molecule has 0 unspecified atom stereocenters. The molecule has 0 aliphatic rings. The van der Waals surface area contributed by atoms with Gasteiger partial charge in [-0.15, -0.1) is 0 Å². The largest absolute Gasteiger partial charge is 0.322 e. The van der Waals surface area contributed by atoms with E-state index in [-0.39, 0.29) is 11.5 Å². The first-order chi connectivity index (χ1) is 12.9. The Morgan fingerprint density at radius 2 is 1.11 bits per heavy atom. The molecule has 1 amide bonds. The number of nitrogens with one attached hydrogen (secondary N) is 1. The molecule has 0 aliphatic heterocycles. The molecule has 27 heavy (non-hydrogen) atoms. The second-order valence-corrected chi connectivity index (χ2v) is 6.59. The molecule has 0 heterocycles. The molecule has 3 aromatic rings. The summed E-state index contributed by atoms with van der Waals surface area (Å²) in [5, 5.41) is 3.48. The van der Waals surface area contributed by atoms with Crippen molar-refractivity contribution in [3.05, 3.63) is 99.5 Å². The van der Waals surface area contributed by atoms with Crippen molar-refractivity contribution < 1.29 is 14.4 Å². The molecule has 0 saturated carbocycles. The maximum absolute atomic E-state index is 12.3. The van der Waals surface area contributed by atoms with Crippen LogP contribution in [0.25, 0.3) is 0 Å². The molecule has 1 N–H and O–H groups in total. The molecule has 0 fully saturated rings. The summed E-state index contributed by atoms with van der Waals surface area (Å²) < 4.78 is 0. The molecule has 0 radical (unpaired) electrons. The Morgan fingerprint density at radius 1 is 0.630 bits per heavy atom. The van der Waals surface area contributed by atoms with E-state index >= 15 is 0 Å². The summed E-state index contributed by atoms with van der Waals surface area (Å²) in [6.07, 6.45) is 0. The maximum atomic E-state index is 12.3. The monoisotopic (exact) mass is 397 g/mol. The van der Waals surface area contributed by atoms with Gasteiger partial charge < -0.3 is 5.32 Å². The van der Waals surface area contributed by atoms with Gasteiger partial charge in [0.2, 0.25) is 11.6 Å². The van der Waals surface area contributed by atoms with Crippen molar-refractivity contribution in [1.82, 2.24) is 0 Å². The van der Waals surface area contributed by atoms with Crippen LogP contribution in [0.5, 0.6) is 0 Å². The van der Waals surface area contributed by atoms with Crippen LogP contribution in [0.2, 0.25) is 10.0 Å². The van der Waals surface area contributed by atoms with Crippen LogP contribution in [-0.4, -0.2) is 17.5 Å². The van der Waals surface area contributed by atoms with Crippen LogP contribution in [0.1, 0.15) is 31.1 Å². The normalized spacial score (nSPS) is 10.3. The Morgan fingerprint density at radius 3 is 1.67 bits per heavy atom. The van der Waals surface area contributed by atoms with Gasteiger partial charge in [0.05, 0.1) is 0 Å². The van der Waals surface area contributed by atoms with E-state index in [1.165, 1.54) is 24.3 Å². The van der Waals surface area contributed by atoms with Crippen molar-refractivity contribution in [1.29, 1.82) is 0 Å². The van der Waals surface area contributed by atoms with Gasteiger partial charge in [0.25, 0.3) is 5.91 Å². The lowest BCUT2D eigenvalue weighted by Crippen LogP contribution is -2.15. The van der Waals surface area contributed by atoms with E-state index in [0.29, 0.717) is 26.9 Å². The highest BCUT2D eigenvalue weighted by Gasteiger charge is 2.18. The Labute approximate surface area is 165 Å². The summed E-state index contributed by atoms with van der Waals surface area (Å²) in [6, 6.07) is 18.9. The lowest BCUT2D eigenvalue weighted by atomic mass is 10.0. The Balaban J connectivity index is 1.73. The smallest absolute Gasteiger partial charge is 0.255 e. The molecule has 0 aromatic heterocycles. The van der Waals surface area contributed by atoms with Crippen molar-refractivity contribution in [3.8, 4) is 0 Å². The number of amides is 1. The fourth-order valence-corrected chi connectivity index (χ4v) is 2.98. The number of rotatable bonds is 5. The lowest BCUT2D eigenvalue weighted by molar-refractivity contribution is 0.0817. The van der Waals surface area contributed by atoms with Crippen LogP contribution < -0.4 is 5.32 Å². The van der Waals surface area contributed by atoms with E-state index in [4.69, 9.17) is 23.2 Å². The molecule has 0 bridgehead atoms. The molecular weight excluding hydrogens is 385 g/mol. The minimum Gasteiger partial charge on any atom is -0.322 e. The van der Waals surface area contributed by atoms with Crippen molar-refractivity contribution in [2.24, 2.45) is 0 Å². The molecular formula is C21H13Cl2NO3. The third-order valence-electron chi connectivity index (χ3n) is 3.77. The fourth-order valence-electron chi connectivity index (χ4n) is 2.45. The number of halogens is 2. The van der Waals surface area contributed by atoms with E-state index in [2.05, 4.69) is 5.32 Å². The van der Waals surface area contributed by atoms with Crippen LogP contribution in [0.3, 0.4) is 0 Å². The van der Waals surface area contributed by atoms with Gasteiger partial charge >= 0.3 is 0 Å². The number of hydrogen-bond donors (Lipinski definition) is 1. The Hall–Kier alpha value is -2.95. The van der Waals surface area contributed by atoms with Crippen LogP contribution in [0.4, 0.5) is 5.69 Å². The van der Waals surface area contributed by atoms with Gasteiger partial charge in [-0.25, -0.2) is 0 Å².